The Morgan fingerprint density at radius 3 is 2.57 bits per heavy atom. The minimum atomic E-state index is -0.466. The molecule has 1 fully saturated rings. The molecule has 2 aliphatic heterocycles. The van der Waals surface area contributed by atoms with Crippen molar-refractivity contribution in [3.63, 3.8) is 0 Å². The number of furan rings is 1. The van der Waals surface area contributed by atoms with Crippen LogP contribution in [0, 0.1) is 0 Å². The van der Waals surface area contributed by atoms with Crippen LogP contribution in [0.2, 0.25) is 0 Å². The molecule has 5 rings (SSSR count). The number of carbonyl (C=O) groups excluding carboxylic acids is 2. The second-order valence-corrected chi connectivity index (χ2v) is 7.15. The molecular formula is C23H19N3O4. The highest BCUT2D eigenvalue weighted by Crippen LogP contribution is 2.24. The Labute approximate surface area is 172 Å². The number of aliphatic imine (C=N–C) groups is 1. The van der Waals surface area contributed by atoms with Crippen molar-refractivity contribution in [1.82, 2.24) is 9.80 Å². The highest BCUT2D eigenvalue weighted by molar-refractivity contribution is 6.16. The molecule has 1 amide bonds. The summed E-state index contributed by atoms with van der Waals surface area (Å²) in [4.78, 5) is 32.9. The van der Waals surface area contributed by atoms with E-state index in [4.69, 9.17) is 9.15 Å². The number of ether oxygens (including phenoxy) is 1. The average molecular weight is 401 g/mol. The number of cyclic esters (lactones) is 1. The third kappa shape index (κ3) is 3.34. The molecule has 1 saturated heterocycles. The Morgan fingerprint density at radius 1 is 0.967 bits per heavy atom. The molecule has 0 unspecified atom stereocenters. The summed E-state index contributed by atoms with van der Waals surface area (Å²) < 4.78 is 10.6. The van der Waals surface area contributed by atoms with Crippen LogP contribution in [0.25, 0.3) is 10.8 Å². The van der Waals surface area contributed by atoms with Gasteiger partial charge in [-0.25, -0.2) is 9.79 Å². The van der Waals surface area contributed by atoms with Crippen molar-refractivity contribution in [2.45, 2.75) is 0 Å². The molecule has 0 aliphatic carbocycles. The third-order valence-corrected chi connectivity index (χ3v) is 5.28. The van der Waals surface area contributed by atoms with Crippen molar-refractivity contribution >= 4 is 28.5 Å². The normalized spacial score (nSPS) is 18.1. The number of hydrogen-bond acceptors (Lipinski definition) is 6. The quantitative estimate of drug-likeness (QED) is 0.498. The maximum absolute atomic E-state index is 12.4. The van der Waals surface area contributed by atoms with Crippen LogP contribution < -0.4 is 0 Å². The van der Waals surface area contributed by atoms with Gasteiger partial charge in [0.05, 0.1) is 6.26 Å². The van der Waals surface area contributed by atoms with Crippen LogP contribution >= 0.6 is 0 Å². The summed E-state index contributed by atoms with van der Waals surface area (Å²) in [5, 5.41) is 2.04. The van der Waals surface area contributed by atoms with E-state index in [1.807, 2.05) is 47.4 Å². The SMILES string of the molecule is O=C1OC(c2cccc3ccccc23)=N/C1=C/N1CCN(C(=O)c2ccco2)CC1. The number of rotatable bonds is 3. The van der Waals surface area contributed by atoms with Gasteiger partial charge in [0.2, 0.25) is 5.90 Å². The van der Waals surface area contributed by atoms with Gasteiger partial charge >= 0.3 is 5.97 Å². The van der Waals surface area contributed by atoms with Gasteiger partial charge in [-0.1, -0.05) is 36.4 Å². The van der Waals surface area contributed by atoms with E-state index in [1.165, 1.54) is 6.26 Å². The molecule has 0 bridgehead atoms. The van der Waals surface area contributed by atoms with Crippen LogP contribution in [0.1, 0.15) is 16.1 Å². The van der Waals surface area contributed by atoms with Gasteiger partial charge in [0.25, 0.3) is 5.91 Å². The Bertz CT molecular complexity index is 1170. The Balaban J connectivity index is 1.32. The van der Waals surface area contributed by atoms with Crippen LogP contribution in [-0.2, 0) is 9.53 Å². The fourth-order valence-corrected chi connectivity index (χ4v) is 3.71. The maximum Gasteiger partial charge on any atom is 0.365 e. The molecule has 0 atom stereocenters. The van der Waals surface area contributed by atoms with Crippen molar-refractivity contribution < 1.29 is 18.7 Å². The van der Waals surface area contributed by atoms with E-state index in [0.29, 0.717) is 37.8 Å². The van der Waals surface area contributed by atoms with Gasteiger partial charge in [-0.3, -0.25) is 4.79 Å². The summed E-state index contributed by atoms with van der Waals surface area (Å²) in [7, 11) is 0. The van der Waals surface area contributed by atoms with Crippen LogP contribution in [0.3, 0.4) is 0 Å². The number of amides is 1. The van der Waals surface area contributed by atoms with Crippen LogP contribution in [0.5, 0.6) is 0 Å². The van der Waals surface area contributed by atoms with E-state index >= 15 is 0 Å². The molecule has 0 spiro atoms. The summed E-state index contributed by atoms with van der Waals surface area (Å²) in [6.45, 7) is 2.28. The van der Waals surface area contributed by atoms with Gasteiger partial charge in [0.1, 0.15) is 0 Å². The number of hydrogen-bond donors (Lipinski definition) is 0. The number of fused-ring (bicyclic) bond motifs is 1. The molecule has 7 heteroatoms. The largest absolute Gasteiger partial charge is 0.459 e. The summed E-state index contributed by atoms with van der Waals surface area (Å²) >= 11 is 0. The molecule has 3 heterocycles. The fourth-order valence-electron chi connectivity index (χ4n) is 3.71. The zero-order chi connectivity index (χ0) is 20.5. The smallest absolute Gasteiger partial charge is 0.365 e. The Kier molecular flexibility index (Phi) is 4.55. The standard InChI is InChI=1S/C23H19N3O4/c27-22(20-9-4-14-29-20)26-12-10-25(11-13-26)15-19-23(28)30-21(24-19)18-8-3-6-16-5-1-2-7-17(16)18/h1-9,14-15H,10-13H2/b19-15+. The lowest BCUT2D eigenvalue weighted by atomic mass is 10.0. The lowest BCUT2D eigenvalue weighted by molar-refractivity contribution is -0.130. The molecule has 0 radical (unpaired) electrons. The third-order valence-electron chi connectivity index (χ3n) is 5.28. The van der Waals surface area contributed by atoms with E-state index in [9.17, 15) is 9.59 Å². The predicted octanol–water partition coefficient (Wildman–Crippen LogP) is 3.04. The van der Waals surface area contributed by atoms with Crippen LogP contribution in [0.4, 0.5) is 0 Å². The van der Waals surface area contributed by atoms with Gasteiger partial charge in [0, 0.05) is 37.9 Å². The Hall–Kier alpha value is -3.87. The molecule has 7 nitrogen and oxygen atoms in total. The van der Waals surface area contributed by atoms with Crippen molar-refractivity contribution in [3.05, 3.63) is 84.1 Å². The van der Waals surface area contributed by atoms with E-state index in [0.717, 1.165) is 16.3 Å². The van der Waals surface area contributed by atoms with Gasteiger partial charge in [0.15, 0.2) is 11.5 Å². The number of piperazine rings is 1. The van der Waals surface area contributed by atoms with Crippen LogP contribution in [-0.4, -0.2) is 53.8 Å². The summed E-state index contributed by atoms with van der Waals surface area (Å²) in [6.07, 6.45) is 3.21. The minimum absolute atomic E-state index is 0.121. The van der Waals surface area contributed by atoms with E-state index in [2.05, 4.69) is 4.99 Å². The second kappa shape index (κ2) is 7.51. The minimum Gasteiger partial charge on any atom is -0.459 e. The van der Waals surface area contributed by atoms with Gasteiger partial charge < -0.3 is 19.0 Å². The topological polar surface area (TPSA) is 75.3 Å². The van der Waals surface area contributed by atoms with E-state index < -0.39 is 5.97 Å². The first kappa shape index (κ1) is 18.2. The highest BCUT2D eigenvalue weighted by Gasteiger charge is 2.28. The molecule has 1 aromatic heterocycles. The summed E-state index contributed by atoms with van der Waals surface area (Å²) in [5.41, 5.74) is 1.06. The monoisotopic (exact) mass is 401 g/mol. The maximum atomic E-state index is 12.4. The summed E-state index contributed by atoms with van der Waals surface area (Å²) in [5.74, 6) is 0.0658. The van der Waals surface area contributed by atoms with Crippen LogP contribution in [0.15, 0.2) is 82.2 Å². The van der Waals surface area contributed by atoms with Crippen molar-refractivity contribution in [2.24, 2.45) is 4.99 Å². The molecule has 0 saturated carbocycles. The fraction of sp³-hybridized carbons (Fsp3) is 0.174. The van der Waals surface area contributed by atoms with E-state index in [-0.39, 0.29) is 11.6 Å². The molecule has 3 aromatic rings. The zero-order valence-electron chi connectivity index (χ0n) is 16.2. The molecule has 2 aromatic carbocycles. The summed E-state index contributed by atoms with van der Waals surface area (Å²) in [6, 6.07) is 17.1. The first-order valence-corrected chi connectivity index (χ1v) is 9.77. The van der Waals surface area contributed by atoms with Gasteiger partial charge in [-0.15, -0.1) is 0 Å². The second-order valence-electron chi connectivity index (χ2n) is 7.15. The van der Waals surface area contributed by atoms with Crippen molar-refractivity contribution in [3.8, 4) is 0 Å². The highest BCUT2D eigenvalue weighted by atomic mass is 16.6. The van der Waals surface area contributed by atoms with E-state index in [1.54, 1.807) is 23.2 Å². The van der Waals surface area contributed by atoms with Crippen molar-refractivity contribution in [2.75, 3.05) is 26.2 Å². The molecule has 30 heavy (non-hydrogen) atoms. The number of esters is 1. The Morgan fingerprint density at radius 2 is 1.77 bits per heavy atom. The molecule has 150 valence electrons. The number of carbonyl (C=O) groups is 2. The average Bonchev–Trinajstić information content (AvgIpc) is 3.44. The van der Waals surface area contributed by atoms with Gasteiger partial charge in [-0.05, 0) is 29.0 Å². The molecule has 0 N–H and O–H groups in total. The lowest BCUT2D eigenvalue weighted by Crippen LogP contribution is -2.46. The first-order valence-electron chi connectivity index (χ1n) is 9.77. The zero-order valence-corrected chi connectivity index (χ0v) is 16.2. The number of nitrogens with zero attached hydrogens (tertiary/aromatic N) is 3. The lowest BCUT2D eigenvalue weighted by Gasteiger charge is -2.33. The first-order chi connectivity index (χ1) is 14.7. The predicted molar refractivity (Wildman–Crippen MR) is 111 cm³/mol. The van der Waals surface area contributed by atoms with Gasteiger partial charge in [-0.2, -0.15) is 0 Å². The molecular weight excluding hydrogens is 382 g/mol. The molecule has 2 aliphatic rings. The van der Waals surface area contributed by atoms with Crippen molar-refractivity contribution in [1.29, 1.82) is 0 Å². The number of benzene rings is 2.